The van der Waals surface area contributed by atoms with E-state index >= 15 is 0 Å². The summed E-state index contributed by atoms with van der Waals surface area (Å²) in [7, 11) is 1.73. The van der Waals surface area contributed by atoms with E-state index in [0.29, 0.717) is 24.0 Å². The summed E-state index contributed by atoms with van der Waals surface area (Å²) in [5.41, 5.74) is 6.79. The Labute approximate surface area is 189 Å². The van der Waals surface area contributed by atoms with E-state index in [2.05, 4.69) is 15.6 Å². The lowest BCUT2D eigenvalue weighted by Gasteiger charge is -2.26. The van der Waals surface area contributed by atoms with Gasteiger partial charge >= 0.3 is 0 Å². The third kappa shape index (κ3) is 6.58. The number of likely N-dealkylation sites (tertiary alicyclic amines) is 1. The summed E-state index contributed by atoms with van der Waals surface area (Å²) in [5.74, 6) is 0.817. The average molecular weight is 513 g/mol. The highest BCUT2D eigenvalue weighted by Gasteiger charge is 2.31. The highest BCUT2D eigenvalue weighted by atomic mass is 127. The fourth-order valence-electron chi connectivity index (χ4n) is 4.09. The highest BCUT2D eigenvalue weighted by Crippen LogP contribution is 2.26. The van der Waals surface area contributed by atoms with Gasteiger partial charge in [0.15, 0.2) is 5.96 Å². The Morgan fingerprint density at radius 2 is 1.97 bits per heavy atom. The molecule has 1 aliphatic heterocycles. The minimum atomic E-state index is -0.432. The number of hydrogen-bond donors (Lipinski definition) is 3. The van der Waals surface area contributed by atoms with E-state index in [0.717, 1.165) is 37.9 Å². The topological polar surface area (TPSA) is 99.8 Å². The molecule has 1 atom stereocenters. The number of nitrogens with two attached hydrogens (primary N) is 1. The van der Waals surface area contributed by atoms with Crippen LogP contribution in [0.15, 0.2) is 29.3 Å². The normalized spacial score (nSPS) is 20.1. The lowest BCUT2D eigenvalue weighted by atomic mass is 9.88. The first kappa shape index (κ1) is 23.4. The van der Waals surface area contributed by atoms with Crippen molar-refractivity contribution in [3.8, 4) is 0 Å². The first-order valence-electron chi connectivity index (χ1n) is 10.2. The second-order valence-electron chi connectivity index (χ2n) is 7.74. The molecule has 1 saturated heterocycles. The molecule has 0 spiro atoms. The zero-order valence-corrected chi connectivity index (χ0v) is 19.4. The van der Waals surface area contributed by atoms with E-state index < -0.39 is 5.91 Å². The fraction of sp³-hybridized carbons (Fsp3) is 0.571. The number of rotatable bonds is 5. The number of hydrogen-bond acceptors (Lipinski definition) is 3. The van der Waals surface area contributed by atoms with Gasteiger partial charge in [-0.15, -0.1) is 24.0 Å². The van der Waals surface area contributed by atoms with E-state index in [9.17, 15) is 9.59 Å². The number of carbonyl (C=O) groups excluding carboxylic acids is 2. The van der Waals surface area contributed by atoms with Crippen molar-refractivity contribution in [1.82, 2.24) is 15.5 Å². The number of primary amides is 1. The average Bonchev–Trinajstić information content (AvgIpc) is 3.20. The van der Waals surface area contributed by atoms with Crippen LogP contribution in [-0.2, 0) is 11.3 Å². The van der Waals surface area contributed by atoms with Crippen LogP contribution in [0.3, 0.4) is 0 Å². The van der Waals surface area contributed by atoms with Crippen molar-refractivity contribution in [2.24, 2.45) is 16.6 Å². The Kier molecular flexibility index (Phi) is 9.19. The lowest BCUT2D eigenvalue weighted by Crippen LogP contribution is -2.45. The fourth-order valence-corrected chi connectivity index (χ4v) is 4.09. The Morgan fingerprint density at radius 3 is 2.66 bits per heavy atom. The molecule has 1 aliphatic carbocycles. The molecular formula is C21H32IN5O2. The van der Waals surface area contributed by atoms with Gasteiger partial charge in [0.1, 0.15) is 0 Å². The molecular weight excluding hydrogens is 481 g/mol. The van der Waals surface area contributed by atoms with Crippen LogP contribution in [0.5, 0.6) is 0 Å². The van der Waals surface area contributed by atoms with Gasteiger partial charge in [-0.05, 0) is 37.0 Å². The molecule has 1 unspecified atom stereocenters. The smallest absolute Gasteiger partial charge is 0.248 e. The summed E-state index contributed by atoms with van der Waals surface area (Å²) in [6.07, 6.45) is 6.63. The molecule has 4 N–H and O–H groups in total. The number of aliphatic imine (C=N–C) groups is 1. The summed E-state index contributed by atoms with van der Waals surface area (Å²) in [6.45, 7) is 2.08. The zero-order chi connectivity index (χ0) is 19.9. The zero-order valence-electron chi connectivity index (χ0n) is 17.0. The van der Waals surface area contributed by atoms with Gasteiger partial charge < -0.3 is 21.3 Å². The molecule has 1 aromatic carbocycles. The van der Waals surface area contributed by atoms with Crippen LogP contribution in [0.4, 0.5) is 0 Å². The largest absolute Gasteiger partial charge is 0.366 e. The van der Waals surface area contributed by atoms with Crippen LogP contribution >= 0.6 is 24.0 Å². The van der Waals surface area contributed by atoms with Crippen molar-refractivity contribution in [2.45, 2.75) is 51.1 Å². The molecule has 1 aromatic rings. The van der Waals surface area contributed by atoms with Crippen LogP contribution in [0.25, 0.3) is 0 Å². The second-order valence-corrected chi connectivity index (χ2v) is 7.74. The summed E-state index contributed by atoms with van der Waals surface area (Å²) < 4.78 is 0. The van der Waals surface area contributed by atoms with E-state index in [4.69, 9.17) is 5.73 Å². The molecule has 2 aliphatic rings. The van der Waals surface area contributed by atoms with Crippen molar-refractivity contribution in [3.63, 3.8) is 0 Å². The molecule has 2 fully saturated rings. The molecule has 7 nitrogen and oxygen atoms in total. The van der Waals surface area contributed by atoms with Crippen molar-refractivity contribution in [1.29, 1.82) is 0 Å². The Balaban J connectivity index is 0.00000300. The predicted molar refractivity (Wildman–Crippen MR) is 125 cm³/mol. The number of nitrogens with one attached hydrogen (secondary N) is 2. The van der Waals surface area contributed by atoms with Crippen LogP contribution < -0.4 is 16.4 Å². The lowest BCUT2D eigenvalue weighted by molar-refractivity contribution is -0.135. The van der Waals surface area contributed by atoms with Gasteiger partial charge in [0, 0.05) is 44.2 Å². The third-order valence-corrected chi connectivity index (χ3v) is 5.69. The molecule has 8 heteroatoms. The number of halogens is 1. The maximum absolute atomic E-state index is 12.7. The first-order chi connectivity index (χ1) is 13.6. The van der Waals surface area contributed by atoms with Crippen molar-refractivity contribution < 1.29 is 9.59 Å². The molecule has 0 bridgehead atoms. The van der Waals surface area contributed by atoms with Crippen LogP contribution in [0.1, 0.15) is 54.4 Å². The van der Waals surface area contributed by atoms with Gasteiger partial charge in [0.2, 0.25) is 11.8 Å². The van der Waals surface area contributed by atoms with Crippen molar-refractivity contribution in [2.75, 3.05) is 20.1 Å². The summed E-state index contributed by atoms with van der Waals surface area (Å²) >= 11 is 0. The van der Waals surface area contributed by atoms with E-state index in [-0.39, 0.29) is 35.9 Å². The van der Waals surface area contributed by atoms with E-state index in [1.807, 2.05) is 17.0 Å². The Bertz CT molecular complexity index is 734. The highest BCUT2D eigenvalue weighted by molar-refractivity contribution is 14.0. The quantitative estimate of drug-likeness (QED) is 0.320. The van der Waals surface area contributed by atoms with Gasteiger partial charge in [-0.3, -0.25) is 14.6 Å². The Morgan fingerprint density at radius 1 is 1.21 bits per heavy atom. The third-order valence-electron chi connectivity index (χ3n) is 5.69. The molecule has 1 heterocycles. The van der Waals surface area contributed by atoms with Gasteiger partial charge in [0.05, 0.1) is 0 Å². The summed E-state index contributed by atoms with van der Waals surface area (Å²) in [4.78, 5) is 30.3. The minimum Gasteiger partial charge on any atom is -0.366 e. The maximum atomic E-state index is 12.7. The van der Waals surface area contributed by atoms with Crippen LogP contribution in [0.2, 0.25) is 0 Å². The molecule has 0 radical (unpaired) electrons. The number of carbonyl (C=O) groups is 2. The SMILES string of the molecule is CN=C(NCc1cccc(C(N)=O)c1)NC1CCN(C(=O)C2CCCCC2)C1.I. The standard InChI is InChI=1S/C21H31N5O2.HI/c1-23-21(24-13-15-6-5-9-17(12-15)19(22)27)25-18-10-11-26(14-18)20(28)16-7-3-2-4-8-16;/h5-6,9,12,16,18H,2-4,7-8,10-11,13-14H2,1H3,(H2,22,27)(H2,23,24,25);1H. The number of nitrogens with zero attached hydrogens (tertiary/aromatic N) is 2. The van der Waals surface area contributed by atoms with Crippen LogP contribution in [-0.4, -0.2) is 48.9 Å². The first-order valence-corrected chi connectivity index (χ1v) is 10.2. The van der Waals surface area contributed by atoms with E-state index in [1.165, 1.54) is 19.3 Å². The van der Waals surface area contributed by atoms with Gasteiger partial charge in [-0.25, -0.2) is 0 Å². The summed E-state index contributed by atoms with van der Waals surface area (Å²) in [6, 6.07) is 7.44. The monoisotopic (exact) mass is 513 g/mol. The predicted octanol–water partition coefficient (Wildman–Crippen LogP) is 2.25. The van der Waals surface area contributed by atoms with Gasteiger partial charge in [-0.1, -0.05) is 31.4 Å². The molecule has 160 valence electrons. The maximum Gasteiger partial charge on any atom is 0.248 e. The number of benzene rings is 1. The summed E-state index contributed by atoms with van der Waals surface area (Å²) in [5, 5.41) is 6.68. The number of guanidine groups is 1. The van der Waals surface area contributed by atoms with Gasteiger partial charge in [0.25, 0.3) is 0 Å². The second kappa shape index (κ2) is 11.4. The molecule has 2 amide bonds. The molecule has 0 aromatic heterocycles. The van der Waals surface area contributed by atoms with Gasteiger partial charge in [-0.2, -0.15) is 0 Å². The molecule has 3 rings (SSSR count). The number of amides is 2. The molecule has 1 saturated carbocycles. The van der Waals surface area contributed by atoms with Crippen LogP contribution in [0, 0.1) is 5.92 Å². The Hall–Kier alpha value is -1.84. The van der Waals surface area contributed by atoms with Crippen molar-refractivity contribution in [3.05, 3.63) is 35.4 Å². The van der Waals surface area contributed by atoms with E-state index in [1.54, 1.807) is 19.2 Å². The minimum absolute atomic E-state index is 0. The van der Waals surface area contributed by atoms with Crippen molar-refractivity contribution >= 4 is 41.8 Å². The molecule has 29 heavy (non-hydrogen) atoms.